The van der Waals surface area contributed by atoms with Crippen LogP contribution in [0.5, 0.6) is 5.75 Å². The van der Waals surface area contributed by atoms with Crippen molar-refractivity contribution in [2.75, 3.05) is 13.1 Å². The van der Waals surface area contributed by atoms with Gasteiger partial charge in [0.05, 0.1) is 21.2 Å². The minimum Gasteiger partial charge on any atom is -0.507 e. The smallest absolute Gasteiger partial charge is 0.243 e. The third-order valence-corrected chi connectivity index (χ3v) is 6.40. The number of sulfonamides is 1. The molecule has 2 aromatic carbocycles. The van der Waals surface area contributed by atoms with Gasteiger partial charge >= 0.3 is 0 Å². The van der Waals surface area contributed by atoms with E-state index in [1.165, 1.54) is 16.6 Å². The van der Waals surface area contributed by atoms with Crippen LogP contribution in [0.2, 0.25) is 5.02 Å². The van der Waals surface area contributed by atoms with E-state index < -0.39 is 10.0 Å². The van der Waals surface area contributed by atoms with E-state index in [1.807, 2.05) is 0 Å². The van der Waals surface area contributed by atoms with Gasteiger partial charge < -0.3 is 5.11 Å². The topological polar surface area (TPSA) is 70.0 Å². The molecular formula is C18H19ClN2O3S. The lowest BCUT2D eigenvalue weighted by atomic mass is 10.2. The molecule has 1 N–H and O–H groups in total. The highest BCUT2D eigenvalue weighted by atomic mass is 35.5. The lowest BCUT2D eigenvalue weighted by Crippen LogP contribution is -2.35. The van der Waals surface area contributed by atoms with Crippen molar-refractivity contribution in [1.29, 1.82) is 0 Å². The maximum absolute atomic E-state index is 12.6. The zero-order valence-corrected chi connectivity index (χ0v) is 15.2. The highest BCUT2D eigenvalue weighted by molar-refractivity contribution is 7.89. The van der Waals surface area contributed by atoms with E-state index in [0.717, 1.165) is 19.3 Å². The zero-order valence-electron chi connectivity index (χ0n) is 13.6. The van der Waals surface area contributed by atoms with E-state index in [-0.39, 0.29) is 10.6 Å². The largest absolute Gasteiger partial charge is 0.507 e. The standard InChI is InChI=1S/C18H19ClN2O3S/c19-17-5-4-6-18(22)16(17)13-20-14-7-9-15(10-8-14)25(23,24)21-11-2-1-3-12-21/h4-10,13,22H,1-3,11-12H2. The van der Waals surface area contributed by atoms with E-state index in [2.05, 4.69) is 4.99 Å². The first-order valence-corrected chi connectivity index (χ1v) is 9.92. The fraction of sp³-hybridized carbons (Fsp3) is 0.278. The normalized spacial score (nSPS) is 16.4. The molecule has 1 fully saturated rings. The van der Waals surface area contributed by atoms with Crippen molar-refractivity contribution in [2.45, 2.75) is 24.2 Å². The van der Waals surface area contributed by atoms with Crippen LogP contribution < -0.4 is 0 Å². The Kier molecular flexibility index (Phi) is 5.42. The van der Waals surface area contributed by atoms with Crippen LogP contribution in [-0.4, -0.2) is 37.1 Å². The van der Waals surface area contributed by atoms with Gasteiger partial charge in [0.15, 0.2) is 0 Å². The Morgan fingerprint density at radius 1 is 1.04 bits per heavy atom. The zero-order chi connectivity index (χ0) is 17.9. The first-order chi connectivity index (χ1) is 12.0. The summed E-state index contributed by atoms with van der Waals surface area (Å²) in [5.41, 5.74) is 1.01. The summed E-state index contributed by atoms with van der Waals surface area (Å²) in [5.74, 6) is 0.0422. The van der Waals surface area contributed by atoms with Crippen LogP contribution >= 0.6 is 11.6 Å². The van der Waals surface area contributed by atoms with Crippen molar-refractivity contribution in [3.05, 3.63) is 53.1 Å². The van der Waals surface area contributed by atoms with E-state index in [9.17, 15) is 13.5 Å². The van der Waals surface area contributed by atoms with Gasteiger partial charge in [-0.1, -0.05) is 24.1 Å². The molecule has 0 saturated carbocycles. The van der Waals surface area contributed by atoms with E-state index in [0.29, 0.717) is 29.4 Å². The molecular weight excluding hydrogens is 360 g/mol. The second-order valence-corrected chi connectivity index (χ2v) is 8.23. The van der Waals surface area contributed by atoms with Crippen molar-refractivity contribution in [3.63, 3.8) is 0 Å². The monoisotopic (exact) mass is 378 g/mol. The van der Waals surface area contributed by atoms with Crippen LogP contribution in [0, 0.1) is 0 Å². The van der Waals surface area contributed by atoms with Crippen LogP contribution in [0.3, 0.4) is 0 Å². The minimum atomic E-state index is -3.44. The molecule has 0 unspecified atom stereocenters. The third kappa shape index (κ3) is 4.03. The van der Waals surface area contributed by atoms with Gasteiger partial charge in [-0.3, -0.25) is 4.99 Å². The van der Waals surface area contributed by atoms with Gasteiger partial charge in [0, 0.05) is 19.3 Å². The van der Waals surface area contributed by atoms with Gasteiger partial charge in [-0.05, 0) is 49.2 Å². The number of halogens is 1. The molecule has 1 aliphatic heterocycles. The maximum Gasteiger partial charge on any atom is 0.243 e. The lowest BCUT2D eigenvalue weighted by molar-refractivity contribution is 0.346. The Balaban J connectivity index is 1.79. The average molecular weight is 379 g/mol. The summed E-state index contributed by atoms with van der Waals surface area (Å²) in [7, 11) is -3.44. The Hall–Kier alpha value is -1.89. The molecule has 25 heavy (non-hydrogen) atoms. The third-order valence-electron chi connectivity index (χ3n) is 4.16. The van der Waals surface area contributed by atoms with Gasteiger partial charge in [-0.15, -0.1) is 0 Å². The van der Waals surface area contributed by atoms with Crippen LogP contribution in [0.15, 0.2) is 52.4 Å². The van der Waals surface area contributed by atoms with E-state index in [4.69, 9.17) is 11.6 Å². The first kappa shape index (κ1) is 17.9. The first-order valence-electron chi connectivity index (χ1n) is 8.10. The highest BCUT2D eigenvalue weighted by Gasteiger charge is 2.25. The van der Waals surface area contributed by atoms with Crippen molar-refractivity contribution < 1.29 is 13.5 Å². The summed E-state index contributed by atoms with van der Waals surface area (Å²) in [6, 6.07) is 11.2. The molecule has 1 heterocycles. The van der Waals surface area contributed by atoms with Crippen molar-refractivity contribution in [2.24, 2.45) is 4.99 Å². The number of benzene rings is 2. The van der Waals surface area contributed by atoms with Crippen molar-refractivity contribution in [1.82, 2.24) is 4.31 Å². The molecule has 3 rings (SSSR count). The Morgan fingerprint density at radius 3 is 2.36 bits per heavy atom. The molecule has 1 aliphatic rings. The molecule has 0 bridgehead atoms. The summed E-state index contributed by atoms with van der Waals surface area (Å²) in [4.78, 5) is 4.53. The molecule has 0 aromatic heterocycles. The number of nitrogens with zero attached hydrogens (tertiary/aromatic N) is 2. The molecule has 0 radical (unpaired) electrons. The Labute approximate surface area is 152 Å². The number of aromatic hydroxyl groups is 1. The molecule has 0 amide bonds. The predicted molar refractivity (Wildman–Crippen MR) is 99.4 cm³/mol. The molecule has 0 spiro atoms. The molecule has 5 nitrogen and oxygen atoms in total. The van der Waals surface area contributed by atoms with Crippen LogP contribution in [-0.2, 0) is 10.0 Å². The van der Waals surface area contributed by atoms with Crippen LogP contribution in [0.1, 0.15) is 24.8 Å². The molecule has 2 aromatic rings. The maximum atomic E-state index is 12.6. The second-order valence-electron chi connectivity index (χ2n) is 5.89. The Bertz CT molecular complexity index is 853. The van der Waals surface area contributed by atoms with Gasteiger partial charge in [-0.25, -0.2) is 8.42 Å². The SMILES string of the molecule is O=S(=O)(c1ccc(N=Cc2c(O)cccc2Cl)cc1)N1CCCCC1. The van der Waals surface area contributed by atoms with E-state index >= 15 is 0 Å². The molecule has 0 aliphatic carbocycles. The van der Waals surface area contributed by atoms with E-state index in [1.54, 1.807) is 36.4 Å². The predicted octanol–water partition coefficient (Wildman–Crippen LogP) is 3.97. The highest BCUT2D eigenvalue weighted by Crippen LogP contribution is 2.25. The summed E-state index contributed by atoms with van der Waals surface area (Å²) < 4.78 is 26.7. The molecule has 0 atom stereocenters. The number of phenols is 1. The van der Waals surface area contributed by atoms with Gasteiger partial charge in [0.25, 0.3) is 0 Å². The average Bonchev–Trinajstić information content (AvgIpc) is 2.62. The number of rotatable bonds is 4. The number of phenolic OH excluding ortho intramolecular Hbond substituents is 1. The van der Waals surface area contributed by atoms with Crippen molar-refractivity contribution >= 4 is 33.5 Å². The molecule has 1 saturated heterocycles. The Morgan fingerprint density at radius 2 is 1.72 bits per heavy atom. The number of hydrogen-bond acceptors (Lipinski definition) is 4. The number of hydrogen-bond donors (Lipinski definition) is 1. The molecule has 7 heteroatoms. The van der Waals surface area contributed by atoms with Gasteiger partial charge in [-0.2, -0.15) is 4.31 Å². The fourth-order valence-corrected chi connectivity index (χ4v) is 4.49. The quantitative estimate of drug-likeness (QED) is 0.818. The summed E-state index contributed by atoms with van der Waals surface area (Å²) in [6.07, 6.45) is 4.35. The van der Waals surface area contributed by atoms with Gasteiger partial charge in [0.1, 0.15) is 5.75 Å². The van der Waals surface area contributed by atoms with Crippen LogP contribution in [0.4, 0.5) is 5.69 Å². The van der Waals surface area contributed by atoms with Crippen LogP contribution in [0.25, 0.3) is 0 Å². The lowest BCUT2D eigenvalue weighted by Gasteiger charge is -2.25. The fourth-order valence-electron chi connectivity index (χ4n) is 2.75. The van der Waals surface area contributed by atoms with Gasteiger partial charge in [0.2, 0.25) is 10.0 Å². The molecule has 132 valence electrons. The minimum absolute atomic E-state index is 0.0422. The summed E-state index contributed by atoms with van der Waals surface area (Å²) >= 11 is 6.03. The second kappa shape index (κ2) is 7.56. The summed E-state index contributed by atoms with van der Waals surface area (Å²) in [6.45, 7) is 1.15. The number of piperidine rings is 1. The number of aliphatic imine (C=N–C) groups is 1. The van der Waals surface area contributed by atoms with Crippen molar-refractivity contribution in [3.8, 4) is 5.75 Å². The summed E-state index contributed by atoms with van der Waals surface area (Å²) in [5, 5.41) is 10.2.